The molecule has 0 radical (unpaired) electrons. The van der Waals surface area contributed by atoms with Gasteiger partial charge in [0.05, 0.1) is 11.4 Å². The molecule has 30 heavy (non-hydrogen) atoms. The maximum Gasteiger partial charge on any atom is 0.305 e. The van der Waals surface area contributed by atoms with Gasteiger partial charge in [-0.05, 0) is 49.6 Å². The molecule has 1 aromatic carbocycles. The minimum Gasteiger partial charge on any atom is -0.396 e. The van der Waals surface area contributed by atoms with Gasteiger partial charge in [0.15, 0.2) is 5.78 Å². The molecule has 7 nitrogen and oxygen atoms in total. The predicted octanol–water partition coefficient (Wildman–Crippen LogP) is 3.50. The predicted molar refractivity (Wildman–Crippen MR) is 115 cm³/mol. The number of hydrogen-bond donors (Lipinski definition) is 3. The van der Waals surface area contributed by atoms with Crippen LogP contribution in [0.2, 0.25) is 0 Å². The number of pyridine rings is 1. The van der Waals surface area contributed by atoms with Crippen molar-refractivity contribution in [2.75, 3.05) is 11.6 Å². The maximum atomic E-state index is 13.6. The molecular formula is C21H29F2N5O2. The Bertz CT molecular complexity index is 878. The van der Waals surface area contributed by atoms with Crippen molar-refractivity contribution in [3.63, 3.8) is 0 Å². The molecule has 0 atom stereocenters. The van der Waals surface area contributed by atoms with Crippen LogP contribution in [0.4, 0.5) is 14.5 Å². The molecule has 0 bridgehead atoms. The largest absolute Gasteiger partial charge is 0.396 e. The van der Waals surface area contributed by atoms with E-state index in [0.717, 1.165) is 5.56 Å². The molecule has 0 fully saturated rings. The Labute approximate surface area is 175 Å². The van der Waals surface area contributed by atoms with Crippen LogP contribution in [0.3, 0.4) is 0 Å². The fourth-order valence-corrected chi connectivity index (χ4v) is 2.25. The number of nitrogens with zero attached hydrogens (tertiary/aromatic N) is 3. The number of aliphatic hydroxyl groups excluding tert-OH is 1. The fraction of sp³-hybridized carbons (Fsp3) is 0.381. The van der Waals surface area contributed by atoms with E-state index in [1.165, 1.54) is 13.0 Å². The Balaban J connectivity index is 0.000000804. The lowest BCUT2D eigenvalue weighted by molar-refractivity contribution is 0.0978. The van der Waals surface area contributed by atoms with Crippen molar-refractivity contribution < 1.29 is 18.7 Å². The molecule has 0 aliphatic heterocycles. The van der Waals surface area contributed by atoms with Gasteiger partial charge in [0, 0.05) is 30.9 Å². The molecule has 2 aromatic rings. The number of aromatic nitrogens is 1. The number of ketones is 1. The number of nitrogens with two attached hydrogens (primary N) is 2. The van der Waals surface area contributed by atoms with Crippen LogP contribution in [0.1, 0.15) is 43.6 Å². The summed E-state index contributed by atoms with van der Waals surface area (Å²) in [6, 6.07) is 8.19. The average Bonchev–Trinajstić information content (AvgIpc) is 2.67. The number of Topliss-reactive ketones (excluding diaryl/α,β-unsaturated/α-hetero) is 1. The van der Waals surface area contributed by atoms with Crippen LogP contribution in [0.15, 0.2) is 41.6 Å². The van der Waals surface area contributed by atoms with Crippen LogP contribution in [0, 0.1) is 12.8 Å². The van der Waals surface area contributed by atoms with Gasteiger partial charge in [-0.25, -0.2) is 5.84 Å². The lowest BCUT2D eigenvalue weighted by Crippen LogP contribution is -2.47. The van der Waals surface area contributed by atoms with Crippen LogP contribution in [-0.2, 0) is 0 Å². The lowest BCUT2D eigenvalue weighted by atomic mass is 10.0. The van der Waals surface area contributed by atoms with Crippen molar-refractivity contribution in [1.82, 2.24) is 4.98 Å². The highest BCUT2D eigenvalue weighted by atomic mass is 19.3. The van der Waals surface area contributed by atoms with E-state index in [1.54, 1.807) is 24.4 Å². The zero-order valence-corrected chi connectivity index (χ0v) is 17.9. The molecule has 0 saturated heterocycles. The zero-order chi connectivity index (χ0) is 23.1. The van der Waals surface area contributed by atoms with E-state index in [0.29, 0.717) is 41.3 Å². The van der Waals surface area contributed by atoms with Crippen LogP contribution in [0.25, 0.3) is 11.3 Å². The van der Waals surface area contributed by atoms with Crippen molar-refractivity contribution in [3.05, 3.63) is 47.7 Å². The molecular weight excluding hydrogens is 392 g/mol. The van der Waals surface area contributed by atoms with E-state index in [1.807, 2.05) is 26.8 Å². The highest BCUT2D eigenvalue weighted by Gasteiger charge is 2.34. The Hall–Kier alpha value is -2.91. The summed E-state index contributed by atoms with van der Waals surface area (Å²) >= 11 is 0. The first-order valence-electron chi connectivity index (χ1n) is 9.31. The van der Waals surface area contributed by atoms with Crippen molar-refractivity contribution in [3.8, 4) is 11.3 Å². The highest BCUT2D eigenvalue weighted by Crippen LogP contribution is 2.27. The van der Waals surface area contributed by atoms with E-state index in [9.17, 15) is 13.6 Å². The quantitative estimate of drug-likeness (QED) is 0.224. The van der Waals surface area contributed by atoms with E-state index in [2.05, 4.69) is 10.1 Å². The van der Waals surface area contributed by atoms with E-state index < -0.39 is 11.8 Å². The topological polar surface area (TPSA) is 118 Å². The summed E-state index contributed by atoms with van der Waals surface area (Å²) in [5.74, 6) is 6.88. The average molecular weight is 421 g/mol. The molecule has 0 aliphatic rings. The molecule has 164 valence electrons. The summed E-state index contributed by atoms with van der Waals surface area (Å²) < 4.78 is 27.3. The molecule has 0 spiro atoms. The second kappa shape index (κ2) is 10.7. The standard InChI is InChI=1S/C17H19F2N5O.C4H10O/c1-10-4-5-15(22-9-10)13-6-12(11(2)25)7-14(8-13)24(21)16(23-20)17(3,18)19;1-4(2)3-5/h4-9H,20-21H2,1-3H3;4-5H,3H2,1-2H3/b23-16-;. The SMILES string of the molecule is CC(=O)c1cc(-c2ccc(C)cn2)cc(N(N)/C(=N\N)C(C)(F)F)c1.CC(C)CO. The van der Waals surface area contributed by atoms with Crippen molar-refractivity contribution in [1.29, 1.82) is 0 Å². The van der Waals surface area contributed by atoms with E-state index >= 15 is 0 Å². The monoisotopic (exact) mass is 421 g/mol. The third-order valence-electron chi connectivity index (χ3n) is 3.92. The molecule has 1 heterocycles. The minimum absolute atomic E-state index is 0.149. The highest BCUT2D eigenvalue weighted by molar-refractivity contribution is 6.03. The molecule has 9 heteroatoms. The number of hydrazone groups is 1. The summed E-state index contributed by atoms with van der Waals surface area (Å²) in [6.07, 6.45) is 1.67. The van der Waals surface area contributed by atoms with E-state index in [4.69, 9.17) is 16.8 Å². The number of hydrazine groups is 1. The van der Waals surface area contributed by atoms with Gasteiger partial charge in [0.1, 0.15) is 0 Å². The number of benzene rings is 1. The maximum absolute atomic E-state index is 13.6. The number of rotatable bonds is 5. The summed E-state index contributed by atoms with van der Waals surface area (Å²) in [7, 11) is 0. The number of hydrogen-bond acceptors (Lipinski definition) is 6. The molecule has 0 unspecified atom stereocenters. The van der Waals surface area contributed by atoms with Gasteiger partial charge >= 0.3 is 5.92 Å². The number of anilines is 1. The number of carbonyl (C=O) groups is 1. The second-order valence-corrected chi connectivity index (χ2v) is 7.33. The summed E-state index contributed by atoms with van der Waals surface area (Å²) in [5.41, 5.74) is 2.57. The summed E-state index contributed by atoms with van der Waals surface area (Å²) in [5, 5.41) is 11.9. The number of carbonyl (C=O) groups excluding carboxylic acids is 1. The van der Waals surface area contributed by atoms with Crippen LogP contribution in [-0.4, -0.2) is 34.2 Å². The van der Waals surface area contributed by atoms with Gasteiger partial charge in [-0.15, -0.1) is 0 Å². The third kappa shape index (κ3) is 7.16. The second-order valence-electron chi connectivity index (χ2n) is 7.33. The Morgan fingerprint density at radius 3 is 2.30 bits per heavy atom. The normalized spacial score (nSPS) is 11.7. The Morgan fingerprint density at radius 2 is 1.90 bits per heavy atom. The molecule has 0 saturated carbocycles. The van der Waals surface area contributed by atoms with Gasteiger partial charge in [-0.2, -0.15) is 13.9 Å². The molecule has 1 aromatic heterocycles. The Kier molecular flexibility index (Phi) is 9.00. The van der Waals surface area contributed by atoms with Gasteiger partial charge in [-0.3, -0.25) is 14.8 Å². The first-order chi connectivity index (χ1) is 13.9. The van der Waals surface area contributed by atoms with Crippen molar-refractivity contribution in [2.24, 2.45) is 22.7 Å². The van der Waals surface area contributed by atoms with Crippen LogP contribution < -0.4 is 16.7 Å². The van der Waals surface area contributed by atoms with Gasteiger partial charge in [0.2, 0.25) is 5.84 Å². The van der Waals surface area contributed by atoms with Gasteiger partial charge < -0.3 is 10.9 Å². The number of aryl methyl sites for hydroxylation is 1. The Morgan fingerprint density at radius 1 is 1.30 bits per heavy atom. The minimum atomic E-state index is -3.35. The van der Waals surface area contributed by atoms with Crippen LogP contribution >= 0.6 is 0 Å². The van der Waals surface area contributed by atoms with Gasteiger partial charge in [-0.1, -0.05) is 19.9 Å². The summed E-state index contributed by atoms with van der Waals surface area (Å²) in [6.45, 7) is 8.15. The van der Waals surface area contributed by atoms with Crippen molar-refractivity contribution >= 4 is 17.3 Å². The molecule has 0 amide bonds. The summed E-state index contributed by atoms with van der Waals surface area (Å²) in [4.78, 5) is 16.1. The number of aliphatic hydroxyl groups is 1. The smallest absolute Gasteiger partial charge is 0.305 e. The fourth-order valence-electron chi connectivity index (χ4n) is 2.25. The molecule has 2 rings (SSSR count). The first kappa shape index (κ1) is 25.1. The van der Waals surface area contributed by atoms with E-state index in [-0.39, 0.29) is 11.5 Å². The third-order valence-corrected chi connectivity index (χ3v) is 3.92. The number of amidine groups is 1. The molecule has 5 N–H and O–H groups in total. The van der Waals surface area contributed by atoms with Crippen LogP contribution in [0.5, 0.6) is 0 Å². The molecule has 0 aliphatic carbocycles. The lowest BCUT2D eigenvalue weighted by Gasteiger charge is -2.24. The van der Waals surface area contributed by atoms with Crippen molar-refractivity contribution in [2.45, 2.75) is 40.5 Å². The zero-order valence-electron chi connectivity index (χ0n) is 17.9. The van der Waals surface area contributed by atoms with Gasteiger partial charge in [0.25, 0.3) is 0 Å². The first-order valence-corrected chi connectivity index (χ1v) is 9.31. The number of alkyl halides is 2. The number of halogens is 2.